The van der Waals surface area contributed by atoms with Gasteiger partial charge in [0.25, 0.3) is 0 Å². The first kappa shape index (κ1) is 27.1. The number of unbranched alkanes of at least 4 members (excludes halogenated alkanes) is 6. The first-order valence-electron chi connectivity index (χ1n) is 11.9. The highest BCUT2D eigenvalue weighted by molar-refractivity contribution is 5.66. The fourth-order valence-corrected chi connectivity index (χ4v) is 3.53. The number of aliphatic hydroxyl groups is 2. The van der Waals surface area contributed by atoms with Gasteiger partial charge in [-0.1, -0.05) is 57.3 Å². The summed E-state index contributed by atoms with van der Waals surface area (Å²) in [5, 5.41) is 32.7. The standard InChI is InChI=1S/C25H42N2O4/c1-3-4-9-14-22(29)17-18-24-23(15-10-5-6-11-16-25(30)31)21(2)27(26-24)19-12-7-8-13-20-28/h5,10,17-18,22,28-29H,3-4,6-9,11-16,19-20H2,1-2H3,(H,30,31)/b10-5-,18-17+/t22-/m0/s1. The van der Waals surface area contributed by atoms with E-state index >= 15 is 0 Å². The maximum atomic E-state index is 10.6. The Labute approximate surface area is 187 Å². The summed E-state index contributed by atoms with van der Waals surface area (Å²) in [7, 11) is 0. The van der Waals surface area contributed by atoms with Crippen molar-refractivity contribution in [2.24, 2.45) is 0 Å². The number of allylic oxidation sites excluding steroid dienone is 2. The van der Waals surface area contributed by atoms with Crippen LogP contribution < -0.4 is 0 Å². The van der Waals surface area contributed by atoms with E-state index in [-0.39, 0.29) is 13.0 Å². The smallest absolute Gasteiger partial charge is 0.303 e. The zero-order valence-electron chi connectivity index (χ0n) is 19.4. The predicted molar refractivity (Wildman–Crippen MR) is 126 cm³/mol. The molecule has 0 aliphatic rings. The second-order valence-electron chi connectivity index (χ2n) is 8.19. The Morgan fingerprint density at radius 3 is 2.58 bits per heavy atom. The number of aryl methyl sites for hydroxylation is 1. The van der Waals surface area contributed by atoms with Crippen LogP contribution in [0.2, 0.25) is 0 Å². The molecule has 0 fully saturated rings. The van der Waals surface area contributed by atoms with Crippen molar-refractivity contribution in [2.75, 3.05) is 6.61 Å². The van der Waals surface area contributed by atoms with Gasteiger partial charge in [0, 0.05) is 30.8 Å². The largest absolute Gasteiger partial charge is 0.481 e. The lowest BCUT2D eigenvalue weighted by Gasteiger charge is -2.05. The van der Waals surface area contributed by atoms with Gasteiger partial charge in [-0.25, -0.2) is 0 Å². The van der Waals surface area contributed by atoms with Crippen LogP contribution in [0, 0.1) is 6.92 Å². The number of rotatable bonds is 18. The molecule has 0 spiro atoms. The van der Waals surface area contributed by atoms with E-state index < -0.39 is 12.1 Å². The second-order valence-corrected chi connectivity index (χ2v) is 8.19. The quantitative estimate of drug-likeness (QED) is 0.222. The number of carboxylic acids is 1. The van der Waals surface area contributed by atoms with Gasteiger partial charge in [0.2, 0.25) is 0 Å². The van der Waals surface area contributed by atoms with Crippen LogP contribution in [0.3, 0.4) is 0 Å². The minimum atomic E-state index is -0.755. The lowest BCUT2D eigenvalue weighted by molar-refractivity contribution is -0.137. The Balaban J connectivity index is 2.79. The number of carbonyl (C=O) groups is 1. The molecule has 0 aliphatic heterocycles. The minimum absolute atomic E-state index is 0.196. The monoisotopic (exact) mass is 434 g/mol. The predicted octanol–water partition coefficient (Wildman–Crippen LogP) is 5.05. The number of carboxylic acid groups (broad SMARTS) is 1. The third-order valence-corrected chi connectivity index (χ3v) is 5.47. The van der Waals surface area contributed by atoms with E-state index in [1.54, 1.807) is 0 Å². The van der Waals surface area contributed by atoms with Crippen LogP contribution in [-0.2, 0) is 17.8 Å². The molecule has 6 nitrogen and oxygen atoms in total. The van der Waals surface area contributed by atoms with Gasteiger partial charge >= 0.3 is 5.97 Å². The van der Waals surface area contributed by atoms with E-state index in [1.165, 1.54) is 0 Å². The van der Waals surface area contributed by atoms with Gasteiger partial charge < -0.3 is 15.3 Å². The number of aliphatic hydroxyl groups excluding tert-OH is 2. The summed E-state index contributed by atoms with van der Waals surface area (Å²) >= 11 is 0. The topological polar surface area (TPSA) is 95.6 Å². The highest BCUT2D eigenvalue weighted by atomic mass is 16.4. The van der Waals surface area contributed by atoms with Crippen molar-refractivity contribution in [3.05, 3.63) is 35.2 Å². The number of nitrogens with zero attached hydrogens (tertiary/aromatic N) is 2. The average molecular weight is 435 g/mol. The average Bonchev–Trinajstić information content (AvgIpc) is 3.03. The molecular formula is C25H42N2O4. The Hall–Kier alpha value is -1.92. The zero-order chi connectivity index (χ0) is 22.9. The molecule has 1 heterocycles. The first-order valence-corrected chi connectivity index (χ1v) is 11.9. The van der Waals surface area contributed by atoms with Gasteiger partial charge in [-0.2, -0.15) is 5.10 Å². The van der Waals surface area contributed by atoms with Crippen molar-refractivity contribution < 1.29 is 20.1 Å². The van der Waals surface area contributed by atoms with Crippen molar-refractivity contribution in [2.45, 2.75) is 104 Å². The number of aliphatic carboxylic acids is 1. The van der Waals surface area contributed by atoms with Crippen LogP contribution in [0.1, 0.15) is 94.5 Å². The molecule has 0 saturated heterocycles. The van der Waals surface area contributed by atoms with Crippen LogP contribution in [0.15, 0.2) is 18.2 Å². The Bertz CT molecular complexity index is 679. The van der Waals surface area contributed by atoms with Crippen molar-refractivity contribution in [3.8, 4) is 0 Å². The first-order chi connectivity index (χ1) is 15.0. The minimum Gasteiger partial charge on any atom is -0.481 e. The van der Waals surface area contributed by atoms with Crippen LogP contribution in [0.4, 0.5) is 0 Å². The molecule has 1 aromatic heterocycles. The maximum Gasteiger partial charge on any atom is 0.303 e. The van der Waals surface area contributed by atoms with Crippen LogP contribution in [-0.4, -0.2) is 43.8 Å². The molecule has 3 N–H and O–H groups in total. The van der Waals surface area contributed by atoms with Gasteiger partial charge in [0.15, 0.2) is 0 Å². The summed E-state index contributed by atoms with van der Waals surface area (Å²) in [5.74, 6) is -0.755. The molecule has 0 aromatic carbocycles. The van der Waals surface area contributed by atoms with Gasteiger partial charge in [0.1, 0.15) is 0 Å². The van der Waals surface area contributed by atoms with Crippen molar-refractivity contribution in [3.63, 3.8) is 0 Å². The molecule has 0 radical (unpaired) electrons. The molecule has 31 heavy (non-hydrogen) atoms. The second kappa shape index (κ2) is 16.7. The van der Waals surface area contributed by atoms with E-state index in [2.05, 4.69) is 24.6 Å². The van der Waals surface area contributed by atoms with Gasteiger partial charge in [0.05, 0.1) is 11.8 Å². The van der Waals surface area contributed by atoms with Crippen molar-refractivity contribution >= 4 is 12.0 Å². The third kappa shape index (κ3) is 11.9. The third-order valence-electron chi connectivity index (χ3n) is 5.47. The fraction of sp³-hybridized carbons (Fsp3) is 0.680. The highest BCUT2D eigenvalue weighted by Gasteiger charge is 2.12. The van der Waals surface area contributed by atoms with E-state index in [0.29, 0.717) is 6.42 Å². The van der Waals surface area contributed by atoms with E-state index in [4.69, 9.17) is 15.3 Å². The number of hydrogen-bond acceptors (Lipinski definition) is 4. The summed E-state index contributed by atoms with van der Waals surface area (Å²) < 4.78 is 2.05. The molecule has 0 aliphatic carbocycles. The summed E-state index contributed by atoms with van der Waals surface area (Å²) in [5.41, 5.74) is 3.19. The molecule has 1 atom stereocenters. The Morgan fingerprint density at radius 2 is 1.87 bits per heavy atom. The van der Waals surface area contributed by atoms with Crippen molar-refractivity contribution in [1.82, 2.24) is 9.78 Å². The summed E-state index contributed by atoms with van der Waals surface area (Å²) in [4.78, 5) is 10.6. The van der Waals surface area contributed by atoms with Gasteiger partial charge in [-0.05, 0) is 51.5 Å². The molecule has 0 unspecified atom stereocenters. The normalized spacial score (nSPS) is 12.9. The van der Waals surface area contributed by atoms with Crippen LogP contribution in [0.5, 0.6) is 0 Å². The number of aromatic nitrogens is 2. The zero-order valence-corrected chi connectivity index (χ0v) is 19.4. The Morgan fingerprint density at radius 1 is 1.10 bits per heavy atom. The summed E-state index contributed by atoms with van der Waals surface area (Å²) in [6, 6.07) is 0. The van der Waals surface area contributed by atoms with E-state index in [9.17, 15) is 9.90 Å². The summed E-state index contributed by atoms with van der Waals surface area (Å²) in [6.07, 6.45) is 17.9. The van der Waals surface area contributed by atoms with Crippen LogP contribution in [0.25, 0.3) is 6.08 Å². The summed E-state index contributed by atoms with van der Waals surface area (Å²) in [6.45, 7) is 5.34. The molecule has 1 rings (SSSR count). The lowest BCUT2D eigenvalue weighted by Crippen LogP contribution is -2.03. The SMILES string of the molecule is CCCCC[C@H](O)/C=C/c1nn(CCCCCCO)c(C)c1C/C=C\CCCC(=O)O. The molecule has 0 saturated carbocycles. The molecule has 176 valence electrons. The maximum absolute atomic E-state index is 10.6. The lowest BCUT2D eigenvalue weighted by atomic mass is 10.1. The van der Waals surface area contributed by atoms with Crippen LogP contribution >= 0.6 is 0 Å². The molecule has 1 aromatic rings. The van der Waals surface area contributed by atoms with E-state index in [1.807, 2.05) is 18.2 Å². The Kier molecular flexibility index (Phi) is 14.6. The fourth-order valence-electron chi connectivity index (χ4n) is 3.53. The van der Waals surface area contributed by atoms with Gasteiger partial charge in [-0.15, -0.1) is 0 Å². The molecule has 0 bridgehead atoms. The van der Waals surface area contributed by atoms with E-state index in [0.717, 1.165) is 87.7 Å². The molecule has 0 amide bonds. The highest BCUT2D eigenvalue weighted by Crippen LogP contribution is 2.19. The molecule has 6 heteroatoms. The van der Waals surface area contributed by atoms with Crippen molar-refractivity contribution in [1.29, 1.82) is 0 Å². The molecular weight excluding hydrogens is 392 g/mol. The number of hydrogen-bond donors (Lipinski definition) is 3. The van der Waals surface area contributed by atoms with Gasteiger partial charge in [-0.3, -0.25) is 9.48 Å².